The topological polar surface area (TPSA) is 34.9 Å². The van der Waals surface area contributed by atoms with Gasteiger partial charge >= 0.3 is 0 Å². The standard InChI is InChI=1S/C12H20N2O/c1-6-7-11-10(9(2)15)8-13-14(11)12(3,4)5/h8H,6-7H2,1-5H3. The molecule has 0 radical (unpaired) electrons. The van der Waals surface area contributed by atoms with Crippen LogP contribution in [0.2, 0.25) is 0 Å². The van der Waals surface area contributed by atoms with Gasteiger partial charge in [-0.1, -0.05) is 13.3 Å². The SMILES string of the molecule is CCCc1c(C(C)=O)cnn1C(C)(C)C. The molecule has 1 aromatic heterocycles. The smallest absolute Gasteiger partial charge is 0.163 e. The van der Waals surface area contributed by atoms with E-state index in [2.05, 4.69) is 32.8 Å². The zero-order valence-electron chi connectivity index (χ0n) is 10.3. The molecule has 1 heterocycles. The van der Waals surface area contributed by atoms with Gasteiger partial charge in [0.05, 0.1) is 17.3 Å². The van der Waals surface area contributed by atoms with Crippen LogP contribution in [-0.2, 0) is 12.0 Å². The Kier molecular flexibility index (Phi) is 3.32. The van der Waals surface area contributed by atoms with Crippen molar-refractivity contribution in [3.05, 3.63) is 17.5 Å². The van der Waals surface area contributed by atoms with Crippen molar-refractivity contribution < 1.29 is 4.79 Å². The highest BCUT2D eigenvalue weighted by Gasteiger charge is 2.21. The summed E-state index contributed by atoms with van der Waals surface area (Å²) in [7, 11) is 0. The fourth-order valence-electron chi connectivity index (χ4n) is 1.72. The lowest BCUT2D eigenvalue weighted by molar-refractivity contribution is 0.101. The van der Waals surface area contributed by atoms with E-state index in [1.54, 1.807) is 13.1 Å². The lowest BCUT2D eigenvalue weighted by Crippen LogP contribution is -2.25. The summed E-state index contributed by atoms with van der Waals surface area (Å²) in [6, 6.07) is 0. The molecule has 0 amide bonds. The van der Waals surface area contributed by atoms with Gasteiger partial charge in [-0.15, -0.1) is 0 Å². The van der Waals surface area contributed by atoms with Gasteiger partial charge < -0.3 is 0 Å². The summed E-state index contributed by atoms with van der Waals surface area (Å²) in [4.78, 5) is 11.4. The van der Waals surface area contributed by atoms with Crippen LogP contribution in [0, 0.1) is 0 Å². The monoisotopic (exact) mass is 208 g/mol. The summed E-state index contributed by atoms with van der Waals surface area (Å²) in [5.74, 6) is 0.106. The first-order valence-corrected chi connectivity index (χ1v) is 5.46. The average molecular weight is 208 g/mol. The number of nitrogens with zero attached hydrogens (tertiary/aromatic N) is 2. The van der Waals surface area contributed by atoms with Crippen molar-refractivity contribution in [3.8, 4) is 0 Å². The molecule has 0 fully saturated rings. The number of ketones is 1. The third-order valence-corrected chi connectivity index (χ3v) is 2.37. The number of hydrogen-bond acceptors (Lipinski definition) is 2. The molecule has 15 heavy (non-hydrogen) atoms. The summed E-state index contributed by atoms with van der Waals surface area (Å²) in [5.41, 5.74) is 1.78. The van der Waals surface area contributed by atoms with Crippen LogP contribution >= 0.6 is 0 Å². The Bertz CT molecular complexity index is 358. The zero-order valence-corrected chi connectivity index (χ0v) is 10.3. The number of hydrogen-bond donors (Lipinski definition) is 0. The number of carbonyl (C=O) groups is 1. The van der Waals surface area contributed by atoms with Crippen LogP contribution in [0.5, 0.6) is 0 Å². The van der Waals surface area contributed by atoms with E-state index in [9.17, 15) is 4.79 Å². The van der Waals surface area contributed by atoms with Crippen LogP contribution in [-0.4, -0.2) is 15.6 Å². The summed E-state index contributed by atoms with van der Waals surface area (Å²) in [6.45, 7) is 10.0. The normalized spacial score (nSPS) is 11.8. The second kappa shape index (κ2) is 4.17. The lowest BCUT2D eigenvalue weighted by atomic mass is 10.1. The fourth-order valence-corrected chi connectivity index (χ4v) is 1.72. The van der Waals surface area contributed by atoms with Crippen molar-refractivity contribution in [2.45, 2.75) is 53.0 Å². The zero-order chi connectivity index (χ0) is 11.6. The molecule has 0 atom stereocenters. The maximum absolute atomic E-state index is 11.4. The highest BCUT2D eigenvalue weighted by molar-refractivity contribution is 5.95. The van der Waals surface area contributed by atoms with Crippen molar-refractivity contribution >= 4 is 5.78 Å². The summed E-state index contributed by atoms with van der Waals surface area (Å²) < 4.78 is 1.97. The van der Waals surface area contributed by atoms with Crippen molar-refractivity contribution in [2.24, 2.45) is 0 Å². The number of Topliss-reactive ketones (excluding diaryl/α,β-unsaturated/α-hetero) is 1. The molecule has 0 spiro atoms. The molecular weight excluding hydrogens is 188 g/mol. The van der Waals surface area contributed by atoms with E-state index in [1.807, 2.05) is 4.68 Å². The van der Waals surface area contributed by atoms with Crippen LogP contribution in [0.4, 0.5) is 0 Å². The van der Waals surface area contributed by atoms with Gasteiger partial charge in [-0.3, -0.25) is 9.48 Å². The molecule has 0 saturated carbocycles. The molecule has 0 saturated heterocycles. The second-order valence-electron chi connectivity index (χ2n) is 4.89. The van der Waals surface area contributed by atoms with Crippen LogP contribution in [0.25, 0.3) is 0 Å². The van der Waals surface area contributed by atoms with E-state index in [0.29, 0.717) is 0 Å². The molecule has 0 bridgehead atoms. The second-order valence-corrected chi connectivity index (χ2v) is 4.89. The Morgan fingerprint density at radius 3 is 2.47 bits per heavy atom. The lowest BCUT2D eigenvalue weighted by Gasteiger charge is -2.22. The van der Waals surface area contributed by atoms with Crippen molar-refractivity contribution in [3.63, 3.8) is 0 Å². The molecule has 0 N–H and O–H groups in total. The van der Waals surface area contributed by atoms with Crippen molar-refractivity contribution in [1.82, 2.24) is 9.78 Å². The Balaban J connectivity index is 3.24. The predicted octanol–water partition coefficient (Wildman–Crippen LogP) is 2.79. The molecule has 1 aromatic rings. The summed E-state index contributed by atoms with van der Waals surface area (Å²) in [6.07, 6.45) is 3.63. The molecule has 0 aliphatic rings. The van der Waals surface area contributed by atoms with E-state index >= 15 is 0 Å². The predicted molar refractivity (Wildman–Crippen MR) is 61.2 cm³/mol. The van der Waals surface area contributed by atoms with E-state index in [1.165, 1.54) is 0 Å². The van der Waals surface area contributed by atoms with Gasteiger partial charge in [0.2, 0.25) is 0 Å². The van der Waals surface area contributed by atoms with Crippen molar-refractivity contribution in [1.29, 1.82) is 0 Å². The van der Waals surface area contributed by atoms with Gasteiger partial charge in [-0.05, 0) is 34.1 Å². The maximum Gasteiger partial charge on any atom is 0.163 e. The highest BCUT2D eigenvalue weighted by atomic mass is 16.1. The van der Waals surface area contributed by atoms with E-state index < -0.39 is 0 Å². The summed E-state index contributed by atoms with van der Waals surface area (Å²) in [5, 5.41) is 4.32. The first-order chi connectivity index (χ1) is 6.88. The molecule has 84 valence electrons. The minimum Gasteiger partial charge on any atom is -0.294 e. The highest BCUT2D eigenvalue weighted by Crippen LogP contribution is 2.20. The number of carbonyl (C=O) groups excluding carboxylic acids is 1. The molecule has 0 unspecified atom stereocenters. The quantitative estimate of drug-likeness (QED) is 0.716. The van der Waals surface area contributed by atoms with Crippen LogP contribution in [0.3, 0.4) is 0 Å². The van der Waals surface area contributed by atoms with Crippen LogP contribution in [0.1, 0.15) is 57.1 Å². The minimum absolute atomic E-state index is 0.0573. The molecule has 3 heteroatoms. The molecular formula is C12H20N2O. The Morgan fingerprint density at radius 2 is 2.07 bits per heavy atom. The van der Waals surface area contributed by atoms with Gasteiger partial charge in [-0.25, -0.2) is 0 Å². The fraction of sp³-hybridized carbons (Fsp3) is 0.667. The van der Waals surface area contributed by atoms with Crippen LogP contribution in [0.15, 0.2) is 6.20 Å². The van der Waals surface area contributed by atoms with Gasteiger partial charge in [0.15, 0.2) is 5.78 Å². The molecule has 3 nitrogen and oxygen atoms in total. The van der Waals surface area contributed by atoms with Crippen molar-refractivity contribution in [2.75, 3.05) is 0 Å². The van der Waals surface area contributed by atoms with Gasteiger partial charge in [0.25, 0.3) is 0 Å². The Labute approximate surface area is 91.5 Å². The Morgan fingerprint density at radius 1 is 1.47 bits per heavy atom. The first kappa shape index (κ1) is 12.0. The number of aromatic nitrogens is 2. The van der Waals surface area contributed by atoms with Gasteiger partial charge in [-0.2, -0.15) is 5.10 Å². The van der Waals surface area contributed by atoms with Gasteiger partial charge in [0, 0.05) is 5.69 Å². The van der Waals surface area contributed by atoms with Gasteiger partial charge in [0.1, 0.15) is 0 Å². The number of rotatable bonds is 3. The van der Waals surface area contributed by atoms with E-state index in [4.69, 9.17) is 0 Å². The summed E-state index contributed by atoms with van der Waals surface area (Å²) >= 11 is 0. The maximum atomic E-state index is 11.4. The minimum atomic E-state index is -0.0573. The Hall–Kier alpha value is -1.12. The largest absolute Gasteiger partial charge is 0.294 e. The van der Waals surface area contributed by atoms with Crippen LogP contribution < -0.4 is 0 Å². The molecule has 0 aromatic carbocycles. The molecule has 1 rings (SSSR count). The third-order valence-electron chi connectivity index (χ3n) is 2.37. The first-order valence-electron chi connectivity index (χ1n) is 5.46. The molecule has 0 aliphatic heterocycles. The van der Waals surface area contributed by atoms with E-state index in [0.717, 1.165) is 24.1 Å². The molecule has 0 aliphatic carbocycles. The van der Waals surface area contributed by atoms with E-state index in [-0.39, 0.29) is 11.3 Å². The third kappa shape index (κ3) is 2.46. The average Bonchev–Trinajstić information content (AvgIpc) is 2.47.